The van der Waals surface area contributed by atoms with E-state index in [1.54, 1.807) is 0 Å². The van der Waals surface area contributed by atoms with Crippen molar-refractivity contribution >= 4 is 0 Å². The SMILES string of the molecule is CC(C)N1C[C@H]2CC(CN3CC4CN(C(C)(C)C)CC4C3)C[C@H]2C1. The van der Waals surface area contributed by atoms with E-state index in [4.69, 9.17) is 0 Å². The van der Waals surface area contributed by atoms with E-state index >= 15 is 0 Å². The minimum atomic E-state index is 0.361. The molecule has 3 aliphatic heterocycles. The normalized spacial score (nSPS) is 41.5. The summed E-state index contributed by atoms with van der Waals surface area (Å²) in [6, 6.07) is 0.748. The molecule has 4 aliphatic rings. The molecule has 3 heteroatoms. The molecule has 3 saturated heterocycles. The third-order valence-electron chi connectivity index (χ3n) is 7.63. The molecule has 138 valence electrons. The lowest BCUT2D eigenvalue weighted by atomic mass is 10.0. The van der Waals surface area contributed by atoms with Crippen LogP contribution in [0.4, 0.5) is 0 Å². The van der Waals surface area contributed by atoms with Gasteiger partial charge in [0.25, 0.3) is 0 Å². The van der Waals surface area contributed by atoms with Gasteiger partial charge in [-0.3, -0.25) is 4.90 Å². The Hall–Kier alpha value is -0.120. The fourth-order valence-corrected chi connectivity index (χ4v) is 6.18. The summed E-state index contributed by atoms with van der Waals surface area (Å²) in [5, 5.41) is 0. The Morgan fingerprint density at radius 3 is 1.79 bits per heavy atom. The molecule has 1 saturated carbocycles. The molecule has 5 atom stereocenters. The van der Waals surface area contributed by atoms with Crippen LogP contribution < -0.4 is 0 Å². The van der Waals surface area contributed by atoms with Crippen LogP contribution in [-0.2, 0) is 0 Å². The van der Waals surface area contributed by atoms with Gasteiger partial charge in [0.2, 0.25) is 0 Å². The van der Waals surface area contributed by atoms with Gasteiger partial charge < -0.3 is 9.80 Å². The van der Waals surface area contributed by atoms with Crippen molar-refractivity contribution in [3.05, 3.63) is 0 Å². The van der Waals surface area contributed by atoms with Crippen LogP contribution in [0.15, 0.2) is 0 Å². The Bertz CT molecular complexity index is 426. The van der Waals surface area contributed by atoms with E-state index in [2.05, 4.69) is 49.3 Å². The van der Waals surface area contributed by atoms with Crippen LogP contribution in [0.25, 0.3) is 0 Å². The molecule has 0 aromatic heterocycles. The minimum absolute atomic E-state index is 0.361. The van der Waals surface area contributed by atoms with Crippen LogP contribution in [0.3, 0.4) is 0 Å². The summed E-state index contributed by atoms with van der Waals surface area (Å²) in [6.45, 7) is 21.4. The van der Waals surface area contributed by atoms with E-state index in [0.29, 0.717) is 5.54 Å². The van der Waals surface area contributed by atoms with Crippen molar-refractivity contribution in [2.24, 2.45) is 29.6 Å². The highest BCUT2D eigenvalue weighted by atomic mass is 15.3. The maximum atomic E-state index is 2.83. The highest BCUT2D eigenvalue weighted by molar-refractivity contribution is 4.98. The average Bonchev–Trinajstić information content (AvgIpc) is 3.14. The zero-order valence-electron chi connectivity index (χ0n) is 16.7. The lowest BCUT2D eigenvalue weighted by Crippen LogP contribution is -2.42. The fraction of sp³-hybridized carbons (Fsp3) is 1.00. The molecule has 0 amide bonds. The molecular weight excluding hydrogens is 294 g/mol. The number of nitrogens with zero attached hydrogens (tertiary/aromatic N) is 3. The second kappa shape index (κ2) is 6.25. The predicted octanol–water partition coefficient (Wildman–Crippen LogP) is 3.01. The lowest BCUT2D eigenvalue weighted by molar-refractivity contribution is 0.145. The van der Waals surface area contributed by atoms with Gasteiger partial charge in [0, 0.05) is 57.4 Å². The Morgan fingerprint density at radius 1 is 0.792 bits per heavy atom. The third kappa shape index (κ3) is 3.29. The summed E-state index contributed by atoms with van der Waals surface area (Å²) in [5.41, 5.74) is 0.361. The van der Waals surface area contributed by atoms with E-state index < -0.39 is 0 Å². The van der Waals surface area contributed by atoms with Gasteiger partial charge in [-0.25, -0.2) is 0 Å². The Labute approximate surface area is 149 Å². The van der Waals surface area contributed by atoms with Crippen molar-refractivity contribution in [3.8, 4) is 0 Å². The molecule has 0 bridgehead atoms. The first-order valence-corrected chi connectivity index (χ1v) is 10.5. The molecule has 3 nitrogen and oxygen atoms in total. The second-order valence-electron chi connectivity index (χ2n) is 10.7. The highest BCUT2D eigenvalue weighted by Gasteiger charge is 2.45. The molecular formula is C21H39N3. The van der Waals surface area contributed by atoms with Crippen molar-refractivity contribution in [2.75, 3.05) is 45.8 Å². The van der Waals surface area contributed by atoms with E-state index in [-0.39, 0.29) is 0 Å². The molecule has 24 heavy (non-hydrogen) atoms. The number of hydrogen-bond acceptors (Lipinski definition) is 3. The number of rotatable bonds is 3. The zero-order valence-corrected chi connectivity index (χ0v) is 16.7. The highest BCUT2D eigenvalue weighted by Crippen LogP contribution is 2.43. The van der Waals surface area contributed by atoms with E-state index in [0.717, 1.165) is 35.6 Å². The van der Waals surface area contributed by atoms with Gasteiger partial charge in [0.15, 0.2) is 0 Å². The summed E-state index contributed by atoms with van der Waals surface area (Å²) >= 11 is 0. The van der Waals surface area contributed by atoms with Gasteiger partial charge in [0.1, 0.15) is 0 Å². The topological polar surface area (TPSA) is 9.72 Å². The van der Waals surface area contributed by atoms with Crippen molar-refractivity contribution in [1.82, 2.24) is 14.7 Å². The minimum Gasteiger partial charge on any atom is -0.302 e. The van der Waals surface area contributed by atoms with Crippen LogP contribution in [0.2, 0.25) is 0 Å². The van der Waals surface area contributed by atoms with Crippen LogP contribution in [0, 0.1) is 29.6 Å². The number of likely N-dealkylation sites (tertiary alicyclic amines) is 3. The van der Waals surface area contributed by atoms with Gasteiger partial charge >= 0.3 is 0 Å². The van der Waals surface area contributed by atoms with Crippen LogP contribution in [-0.4, -0.2) is 72.1 Å². The quantitative estimate of drug-likeness (QED) is 0.786. The molecule has 0 aromatic carbocycles. The molecule has 0 radical (unpaired) electrons. The first-order chi connectivity index (χ1) is 11.3. The smallest absolute Gasteiger partial charge is 0.0125 e. The van der Waals surface area contributed by atoms with Crippen molar-refractivity contribution < 1.29 is 0 Å². The number of hydrogen-bond donors (Lipinski definition) is 0. The first kappa shape index (κ1) is 17.3. The maximum absolute atomic E-state index is 2.83. The van der Waals surface area contributed by atoms with Crippen molar-refractivity contribution in [1.29, 1.82) is 0 Å². The van der Waals surface area contributed by atoms with Crippen molar-refractivity contribution in [2.45, 2.75) is 59.0 Å². The summed E-state index contributed by atoms with van der Waals surface area (Å²) < 4.78 is 0. The average molecular weight is 334 g/mol. The fourth-order valence-electron chi connectivity index (χ4n) is 6.18. The molecule has 0 spiro atoms. The van der Waals surface area contributed by atoms with Gasteiger partial charge in [-0.05, 0) is 77.0 Å². The largest absolute Gasteiger partial charge is 0.302 e. The number of fused-ring (bicyclic) bond motifs is 2. The predicted molar refractivity (Wildman–Crippen MR) is 101 cm³/mol. The van der Waals surface area contributed by atoms with Gasteiger partial charge in [-0.1, -0.05) is 0 Å². The monoisotopic (exact) mass is 333 g/mol. The Morgan fingerprint density at radius 2 is 1.33 bits per heavy atom. The van der Waals surface area contributed by atoms with Gasteiger partial charge in [-0.2, -0.15) is 0 Å². The maximum Gasteiger partial charge on any atom is 0.0125 e. The Balaban J connectivity index is 1.24. The molecule has 4 rings (SSSR count). The molecule has 3 heterocycles. The zero-order chi connectivity index (χ0) is 17.1. The summed E-state index contributed by atoms with van der Waals surface area (Å²) in [4.78, 5) is 8.27. The van der Waals surface area contributed by atoms with Crippen LogP contribution in [0.5, 0.6) is 0 Å². The molecule has 4 fully saturated rings. The molecule has 0 aromatic rings. The molecule has 0 N–H and O–H groups in total. The summed E-state index contributed by atoms with van der Waals surface area (Å²) in [5.74, 6) is 4.90. The van der Waals surface area contributed by atoms with E-state index in [1.807, 2.05) is 0 Å². The third-order valence-corrected chi connectivity index (χ3v) is 7.63. The standard InChI is InChI=1S/C21H39N3/c1-15(2)23-11-17-6-16(7-18(17)12-23)8-22-9-19-13-24(21(3,4)5)14-20(19)10-22/h15-20H,6-14H2,1-5H3/t16?,17-,18+,19?,20?. The van der Waals surface area contributed by atoms with Crippen LogP contribution in [0.1, 0.15) is 47.5 Å². The first-order valence-electron chi connectivity index (χ1n) is 10.5. The lowest BCUT2D eigenvalue weighted by Gasteiger charge is -2.33. The van der Waals surface area contributed by atoms with E-state index in [1.165, 1.54) is 58.7 Å². The Kier molecular flexibility index (Phi) is 4.50. The summed E-state index contributed by atoms with van der Waals surface area (Å²) in [6.07, 6.45) is 3.02. The van der Waals surface area contributed by atoms with E-state index in [9.17, 15) is 0 Å². The van der Waals surface area contributed by atoms with Crippen molar-refractivity contribution in [3.63, 3.8) is 0 Å². The summed E-state index contributed by atoms with van der Waals surface area (Å²) in [7, 11) is 0. The molecule has 3 unspecified atom stereocenters. The second-order valence-corrected chi connectivity index (χ2v) is 10.7. The van der Waals surface area contributed by atoms with Gasteiger partial charge in [0.05, 0.1) is 0 Å². The molecule has 1 aliphatic carbocycles. The van der Waals surface area contributed by atoms with Crippen LogP contribution >= 0.6 is 0 Å². The van der Waals surface area contributed by atoms with Gasteiger partial charge in [-0.15, -0.1) is 0 Å².